The third-order valence-corrected chi connectivity index (χ3v) is 3.69. The van der Waals surface area contributed by atoms with Gasteiger partial charge in [0.05, 0.1) is 12.8 Å². The average molecular weight is 291 g/mol. The molecule has 1 aromatic heterocycles. The van der Waals surface area contributed by atoms with Crippen LogP contribution in [0, 0.1) is 6.92 Å². The first-order valence-electron chi connectivity index (χ1n) is 7.13. The van der Waals surface area contributed by atoms with E-state index in [0.29, 0.717) is 5.56 Å². The lowest BCUT2D eigenvalue weighted by Crippen LogP contribution is -2.14. The van der Waals surface area contributed by atoms with Gasteiger partial charge in [-0.05, 0) is 61.0 Å². The molecule has 3 nitrogen and oxygen atoms in total. The first-order valence-corrected chi connectivity index (χ1v) is 7.13. The van der Waals surface area contributed by atoms with Gasteiger partial charge in [0.25, 0.3) is 5.91 Å². The van der Waals surface area contributed by atoms with E-state index < -0.39 is 0 Å². The molecule has 110 valence electrons. The Bertz CT molecular complexity index is 786. The van der Waals surface area contributed by atoms with Gasteiger partial charge >= 0.3 is 0 Å². The maximum absolute atomic E-state index is 12.8. The number of benzene rings is 2. The van der Waals surface area contributed by atoms with E-state index in [1.54, 1.807) is 11.7 Å². The maximum atomic E-state index is 12.8. The number of ether oxygens (including phenoxy) is 1. The second-order valence-corrected chi connectivity index (χ2v) is 5.10. The summed E-state index contributed by atoms with van der Waals surface area (Å²) in [6.07, 6.45) is 0. The second kappa shape index (κ2) is 5.90. The fourth-order valence-electron chi connectivity index (χ4n) is 2.51. The molecule has 0 aliphatic carbocycles. The van der Waals surface area contributed by atoms with Crippen LogP contribution in [0.2, 0.25) is 0 Å². The first kappa shape index (κ1) is 14.1. The van der Waals surface area contributed by atoms with Crippen LogP contribution in [0.3, 0.4) is 0 Å². The molecule has 0 aliphatic rings. The number of nitrogens with zero attached hydrogens (tertiary/aromatic N) is 1. The van der Waals surface area contributed by atoms with Crippen LogP contribution in [0.5, 0.6) is 5.75 Å². The van der Waals surface area contributed by atoms with Crippen LogP contribution in [-0.2, 0) is 0 Å². The number of aryl methyl sites for hydroxylation is 1. The number of carbonyl (C=O) groups excluding carboxylic acids is 1. The number of rotatable bonds is 3. The third-order valence-electron chi connectivity index (χ3n) is 3.69. The molecule has 0 aliphatic heterocycles. The second-order valence-electron chi connectivity index (χ2n) is 5.10. The summed E-state index contributed by atoms with van der Waals surface area (Å²) in [6.45, 7) is 1.94. The fourth-order valence-corrected chi connectivity index (χ4v) is 2.51. The molecule has 3 heteroatoms. The van der Waals surface area contributed by atoms with Gasteiger partial charge in [-0.1, -0.05) is 18.2 Å². The minimum atomic E-state index is -0.0195. The van der Waals surface area contributed by atoms with Crippen LogP contribution in [0.15, 0.2) is 66.7 Å². The Kier molecular flexibility index (Phi) is 3.79. The Morgan fingerprint density at radius 3 is 2.23 bits per heavy atom. The summed E-state index contributed by atoms with van der Waals surface area (Å²) in [5, 5.41) is 0. The normalized spacial score (nSPS) is 10.5. The van der Waals surface area contributed by atoms with Crippen molar-refractivity contribution in [3.8, 4) is 17.0 Å². The van der Waals surface area contributed by atoms with Crippen LogP contribution in [0.4, 0.5) is 0 Å². The lowest BCUT2D eigenvalue weighted by molar-refractivity contribution is 0.0960. The van der Waals surface area contributed by atoms with E-state index in [9.17, 15) is 4.79 Å². The SMILES string of the molecule is COc1ccc(-c2ccc(C)n2C(=O)c2ccccc2)cc1. The minimum absolute atomic E-state index is 0.0195. The Labute approximate surface area is 129 Å². The largest absolute Gasteiger partial charge is 0.497 e. The summed E-state index contributed by atoms with van der Waals surface area (Å²) in [6, 6.07) is 21.0. The highest BCUT2D eigenvalue weighted by atomic mass is 16.5. The highest BCUT2D eigenvalue weighted by Gasteiger charge is 2.15. The molecule has 3 rings (SSSR count). The van der Waals surface area contributed by atoms with Crippen LogP contribution >= 0.6 is 0 Å². The van der Waals surface area contributed by atoms with E-state index in [0.717, 1.165) is 22.7 Å². The Hall–Kier alpha value is -2.81. The van der Waals surface area contributed by atoms with Gasteiger partial charge in [0, 0.05) is 11.3 Å². The molecule has 3 aromatic rings. The van der Waals surface area contributed by atoms with Crippen molar-refractivity contribution in [2.45, 2.75) is 6.92 Å². The lowest BCUT2D eigenvalue weighted by atomic mass is 10.1. The van der Waals surface area contributed by atoms with Gasteiger partial charge < -0.3 is 4.74 Å². The molecular formula is C19H17NO2. The van der Waals surface area contributed by atoms with Crippen LogP contribution in [-0.4, -0.2) is 17.6 Å². The average Bonchev–Trinajstić information content (AvgIpc) is 2.96. The molecule has 0 bridgehead atoms. The molecule has 0 amide bonds. The zero-order valence-electron chi connectivity index (χ0n) is 12.6. The van der Waals surface area contributed by atoms with Gasteiger partial charge in [0.2, 0.25) is 0 Å². The fraction of sp³-hybridized carbons (Fsp3) is 0.105. The highest BCUT2D eigenvalue weighted by molar-refractivity contribution is 5.99. The first-order chi connectivity index (χ1) is 10.7. The van der Waals surface area contributed by atoms with Crippen LogP contribution in [0.1, 0.15) is 16.1 Å². The quantitative estimate of drug-likeness (QED) is 0.725. The summed E-state index contributed by atoms with van der Waals surface area (Å²) in [5.74, 6) is 0.780. The molecule has 1 heterocycles. The van der Waals surface area contributed by atoms with Crippen molar-refractivity contribution in [2.75, 3.05) is 7.11 Å². The molecule has 0 spiro atoms. The molecule has 0 saturated carbocycles. The monoisotopic (exact) mass is 291 g/mol. The molecule has 0 unspecified atom stereocenters. The molecule has 0 atom stereocenters. The predicted octanol–water partition coefficient (Wildman–Crippen LogP) is 4.16. The predicted molar refractivity (Wildman–Crippen MR) is 87.3 cm³/mol. The molecule has 0 fully saturated rings. The Morgan fingerprint density at radius 1 is 0.909 bits per heavy atom. The van der Waals surface area contributed by atoms with Crippen molar-refractivity contribution in [3.05, 3.63) is 78.0 Å². The molecule has 0 radical (unpaired) electrons. The van der Waals surface area contributed by atoms with Gasteiger partial charge in [-0.2, -0.15) is 0 Å². The van der Waals surface area contributed by atoms with Gasteiger partial charge in [-0.3, -0.25) is 9.36 Å². The van der Waals surface area contributed by atoms with E-state index >= 15 is 0 Å². The summed E-state index contributed by atoms with van der Waals surface area (Å²) < 4.78 is 6.93. The zero-order valence-corrected chi connectivity index (χ0v) is 12.6. The number of hydrogen-bond donors (Lipinski definition) is 0. The topological polar surface area (TPSA) is 31.2 Å². The highest BCUT2D eigenvalue weighted by Crippen LogP contribution is 2.25. The standard InChI is InChI=1S/C19H17NO2/c1-14-8-13-18(15-9-11-17(22-2)12-10-15)20(14)19(21)16-6-4-3-5-7-16/h3-13H,1-2H3. The van der Waals surface area contributed by atoms with Crippen molar-refractivity contribution < 1.29 is 9.53 Å². The minimum Gasteiger partial charge on any atom is -0.497 e. The molecule has 0 N–H and O–H groups in total. The van der Waals surface area contributed by atoms with Gasteiger partial charge in [-0.25, -0.2) is 0 Å². The third kappa shape index (κ3) is 2.53. The van der Waals surface area contributed by atoms with Crippen molar-refractivity contribution >= 4 is 5.91 Å². The number of hydrogen-bond acceptors (Lipinski definition) is 2. The van der Waals surface area contributed by atoms with Crippen molar-refractivity contribution in [1.82, 2.24) is 4.57 Å². The van der Waals surface area contributed by atoms with E-state index in [1.165, 1.54) is 0 Å². The summed E-state index contributed by atoms with van der Waals surface area (Å²) in [4.78, 5) is 12.8. The summed E-state index contributed by atoms with van der Waals surface area (Å²) >= 11 is 0. The van der Waals surface area contributed by atoms with Crippen LogP contribution < -0.4 is 4.74 Å². The smallest absolute Gasteiger partial charge is 0.262 e. The number of carbonyl (C=O) groups is 1. The number of aromatic nitrogens is 1. The van der Waals surface area contributed by atoms with E-state index in [-0.39, 0.29) is 5.91 Å². The maximum Gasteiger partial charge on any atom is 0.262 e. The molecule has 0 saturated heterocycles. The molecular weight excluding hydrogens is 274 g/mol. The zero-order chi connectivity index (χ0) is 15.5. The van der Waals surface area contributed by atoms with Crippen molar-refractivity contribution in [2.24, 2.45) is 0 Å². The summed E-state index contributed by atoms with van der Waals surface area (Å²) in [5.41, 5.74) is 3.46. The van der Waals surface area contributed by atoms with Crippen LogP contribution in [0.25, 0.3) is 11.3 Å². The molecule has 2 aromatic carbocycles. The van der Waals surface area contributed by atoms with Gasteiger partial charge in [-0.15, -0.1) is 0 Å². The summed E-state index contributed by atoms with van der Waals surface area (Å²) in [7, 11) is 1.64. The van der Waals surface area contributed by atoms with E-state index in [1.807, 2.05) is 73.7 Å². The lowest BCUT2D eigenvalue weighted by Gasteiger charge is -2.11. The van der Waals surface area contributed by atoms with Crippen molar-refractivity contribution in [1.29, 1.82) is 0 Å². The van der Waals surface area contributed by atoms with Gasteiger partial charge in [0.1, 0.15) is 5.75 Å². The van der Waals surface area contributed by atoms with E-state index in [4.69, 9.17) is 4.74 Å². The van der Waals surface area contributed by atoms with Gasteiger partial charge in [0.15, 0.2) is 0 Å². The van der Waals surface area contributed by atoms with Crippen molar-refractivity contribution in [3.63, 3.8) is 0 Å². The Balaban J connectivity index is 2.05. The number of methoxy groups -OCH3 is 1. The Morgan fingerprint density at radius 2 is 1.59 bits per heavy atom. The van der Waals surface area contributed by atoms with E-state index in [2.05, 4.69) is 0 Å². The molecule has 22 heavy (non-hydrogen) atoms.